The van der Waals surface area contributed by atoms with Gasteiger partial charge in [-0.3, -0.25) is 0 Å². The van der Waals surface area contributed by atoms with E-state index >= 15 is 0 Å². The van der Waals surface area contributed by atoms with Crippen molar-refractivity contribution in [1.82, 2.24) is 5.32 Å². The molecule has 0 aromatic carbocycles. The molecule has 0 fully saturated rings. The zero-order chi connectivity index (χ0) is 11.9. The molecule has 3 nitrogen and oxygen atoms in total. The minimum atomic E-state index is -5.15. The molecular formula is C4H13Cl6N3Rh. The van der Waals surface area contributed by atoms with Gasteiger partial charge in [0.25, 0.3) is 0 Å². The Morgan fingerprint density at radius 2 is 1.00 bits per heavy atom. The molecule has 0 atom stereocenters. The van der Waals surface area contributed by atoms with E-state index in [0.29, 0.717) is 13.1 Å². The van der Waals surface area contributed by atoms with Crippen LogP contribution in [0, 0.1) is 0 Å². The zero-order valence-corrected chi connectivity index (χ0v) is 13.3. The quantitative estimate of drug-likeness (QED) is 0.486. The second-order valence-corrected chi connectivity index (χ2v) is 39.4. The van der Waals surface area contributed by atoms with Crippen LogP contribution in [0.2, 0.25) is 0 Å². The Balaban J connectivity index is 0. The van der Waals surface area contributed by atoms with Crippen LogP contribution < -0.4 is 16.8 Å². The van der Waals surface area contributed by atoms with Gasteiger partial charge in [0, 0.05) is 26.2 Å². The van der Waals surface area contributed by atoms with Crippen LogP contribution in [-0.2, 0) is 6.48 Å². The topological polar surface area (TPSA) is 64.1 Å². The summed E-state index contributed by atoms with van der Waals surface area (Å²) in [5.41, 5.74) is 10.3. The van der Waals surface area contributed by atoms with E-state index in [1.165, 1.54) is 0 Å². The molecule has 0 radical (unpaired) electrons. The van der Waals surface area contributed by atoms with Crippen LogP contribution in [0.3, 0.4) is 0 Å². The van der Waals surface area contributed by atoms with Crippen molar-refractivity contribution in [3.8, 4) is 0 Å². The number of nitrogens with one attached hydrogen (secondary N) is 1. The minimum absolute atomic E-state index is 0.694. The summed E-state index contributed by atoms with van der Waals surface area (Å²) in [6.07, 6.45) is 0. The first-order valence-corrected chi connectivity index (χ1v) is 15.9. The Hall–Kier alpha value is 2.24. The van der Waals surface area contributed by atoms with E-state index in [4.69, 9.17) is 69.6 Å². The third kappa shape index (κ3) is 64.1. The normalized spacial score (nSPS) is 16.3. The molecule has 0 bridgehead atoms. The van der Waals surface area contributed by atoms with Crippen molar-refractivity contribution in [1.29, 1.82) is 0 Å². The third-order valence-electron chi connectivity index (χ3n) is 0.642. The maximum absolute atomic E-state index is 5.17. The van der Waals surface area contributed by atoms with Crippen molar-refractivity contribution >= 4 is 58.1 Å². The molecule has 14 heavy (non-hydrogen) atoms. The summed E-state index contributed by atoms with van der Waals surface area (Å²) >= 11 is 0. The summed E-state index contributed by atoms with van der Waals surface area (Å²) < 4.78 is 0. The van der Waals surface area contributed by atoms with E-state index < -0.39 is 6.48 Å². The summed E-state index contributed by atoms with van der Waals surface area (Å²) in [5, 5.41) is 3.03. The van der Waals surface area contributed by atoms with Gasteiger partial charge in [-0.05, 0) is 0 Å². The number of rotatable bonds is 4. The molecule has 5 N–H and O–H groups in total. The molecule has 95 valence electrons. The zero-order valence-electron chi connectivity index (χ0n) is 7.08. The molecule has 0 aliphatic rings. The van der Waals surface area contributed by atoms with Crippen LogP contribution in [0.1, 0.15) is 0 Å². The Morgan fingerprint density at radius 1 is 0.786 bits per heavy atom. The molecular weight excluding hydrogens is 406 g/mol. The number of hydrogen-bond donors (Lipinski definition) is 3. The van der Waals surface area contributed by atoms with Gasteiger partial charge < -0.3 is 16.8 Å². The van der Waals surface area contributed by atoms with Crippen molar-refractivity contribution in [2.24, 2.45) is 11.5 Å². The van der Waals surface area contributed by atoms with E-state index in [9.17, 15) is 0 Å². The number of nitrogens with two attached hydrogens (primary N) is 2. The van der Waals surface area contributed by atoms with Gasteiger partial charge in [0.2, 0.25) is 0 Å². The number of halogens is 6. The fourth-order valence-corrected chi connectivity index (χ4v) is 0.329. The maximum atomic E-state index is 5.17. The van der Waals surface area contributed by atoms with Crippen LogP contribution >= 0.6 is 58.1 Å². The van der Waals surface area contributed by atoms with Crippen molar-refractivity contribution in [3.63, 3.8) is 0 Å². The van der Waals surface area contributed by atoms with Crippen LogP contribution in [-0.4, -0.2) is 26.2 Å². The fraction of sp³-hybridized carbons (Fsp3) is 1.00. The summed E-state index contributed by atoms with van der Waals surface area (Å²) in [7, 11) is 30.2. The van der Waals surface area contributed by atoms with Crippen LogP contribution in [0.4, 0.5) is 0 Å². The van der Waals surface area contributed by atoms with Gasteiger partial charge in [-0.15, -0.1) is 0 Å². The van der Waals surface area contributed by atoms with Crippen molar-refractivity contribution in [3.05, 3.63) is 0 Å². The molecule has 0 heterocycles. The molecule has 0 amide bonds. The first-order chi connectivity index (χ1) is 5.86. The average molecular weight is 419 g/mol. The molecule has 0 spiro atoms. The van der Waals surface area contributed by atoms with Gasteiger partial charge in [-0.1, -0.05) is 0 Å². The van der Waals surface area contributed by atoms with Gasteiger partial charge in [-0.25, -0.2) is 0 Å². The van der Waals surface area contributed by atoms with Crippen molar-refractivity contribution in [2.45, 2.75) is 0 Å². The SMILES string of the molecule is NCCNCCN.[Cl][Rh]([Cl])([Cl])([Cl])([Cl])[Cl]. The van der Waals surface area contributed by atoms with Gasteiger partial charge >= 0.3 is 64.6 Å². The van der Waals surface area contributed by atoms with Gasteiger partial charge in [-0.2, -0.15) is 0 Å². The van der Waals surface area contributed by atoms with Crippen LogP contribution in [0.15, 0.2) is 0 Å². The molecule has 0 aliphatic heterocycles. The Morgan fingerprint density at radius 3 is 1.14 bits per heavy atom. The van der Waals surface area contributed by atoms with Gasteiger partial charge in [0.15, 0.2) is 0 Å². The van der Waals surface area contributed by atoms with Crippen LogP contribution in [0.5, 0.6) is 0 Å². The first kappa shape index (κ1) is 18.6. The fourth-order valence-electron chi connectivity index (χ4n) is 0.329. The second-order valence-electron chi connectivity index (χ2n) is 2.04. The molecule has 0 saturated heterocycles. The average Bonchev–Trinajstić information content (AvgIpc) is 1.82. The summed E-state index contributed by atoms with van der Waals surface area (Å²) in [5.74, 6) is 0. The predicted octanol–water partition coefficient (Wildman–Crippen LogP) is 2.63. The van der Waals surface area contributed by atoms with E-state index in [0.717, 1.165) is 13.1 Å². The van der Waals surface area contributed by atoms with E-state index in [1.807, 2.05) is 0 Å². The van der Waals surface area contributed by atoms with E-state index in [-0.39, 0.29) is 0 Å². The standard InChI is InChI=1S/C4H13N3.6ClH.Rh/c5-1-3-7-4-2-6;;;;;;;/h7H,1-6H2;6*1H;/q;;;;;;;+6/p-6. The van der Waals surface area contributed by atoms with Crippen LogP contribution in [0.25, 0.3) is 0 Å². The summed E-state index contributed by atoms with van der Waals surface area (Å²) in [6, 6.07) is 0. The van der Waals surface area contributed by atoms with E-state index in [2.05, 4.69) is 5.32 Å². The first-order valence-electron chi connectivity index (χ1n) is 3.28. The Labute approximate surface area is 107 Å². The number of hydrogen-bond acceptors (Lipinski definition) is 3. The third-order valence-corrected chi connectivity index (χ3v) is 0.642. The molecule has 0 rings (SSSR count). The molecule has 0 aromatic heterocycles. The Kier molecular flexibility index (Phi) is 8.31. The van der Waals surface area contributed by atoms with Gasteiger partial charge in [0.05, 0.1) is 0 Å². The van der Waals surface area contributed by atoms with Crippen molar-refractivity contribution < 1.29 is 6.48 Å². The molecule has 0 aliphatic carbocycles. The summed E-state index contributed by atoms with van der Waals surface area (Å²) in [6.45, 7) is -2.02. The molecule has 0 unspecified atom stereocenters. The summed E-state index contributed by atoms with van der Waals surface area (Å²) in [4.78, 5) is 0. The Bertz CT molecular complexity index is 135. The molecule has 0 saturated carbocycles. The predicted molar refractivity (Wildman–Crippen MR) is 66.1 cm³/mol. The molecule has 0 aromatic rings. The molecule has 10 heteroatoms. The van der Waals surface area contributed by atoms with Crippen molar-refractivity contribution in [2.75, 3.05) is 26.2 Å². The van der Waals surface area contributed by atoms with E-state index in [1.54, 1.807) is 0 Å². The second kappa shape index (κ2) is 6.25. The monoisotopic (exact) mass is 416 g/mol. The van der Waals surface area contributed by atoms with Gasteiger partial charge in [0.1, 0.15) is 0 Å².